The fourth-order valence-electron chi connectivity index (χ4n) is 3.01. The number of hydrogen-bond donors (Lipinski definition) is 3. The van der Waals surface area contributed by atoms with E-state index < -0.39 is 0 Å². The van der Waals surface area contributed by atoms with Gasteiger partial charge in [0.25, 0.3) is 0 Å². The van der Waals surface area contributed by atoms with Crippen LogP contribution in [0.25, 0.3) is 0 Å². The van der Waals surface area contributed by atoms with Crippen LogP contribution in [-0.4, -0.2) is 31.5 Å². The number of nitrogens with one attached hydrogen (secondary N) is 3. The Hall–Kier alpha value is -2.11. The van der Waals surface area contributed by atoms with E-state index in [1.54, 1.807) is 18.2 Å². The molecule has 2 rings (SSSR count). The summed E-state index contributed by atoms with van der Waals surface area (Å²) in [6, 6.07) is 6.63. The van der Waals surface area contributed by atoms with Gasteiger partial charge in [-0.05, 0) is 25.8 Å². The number of hydrogen-bond acceptors (Lipinski definition) is 2. The van der Waals surface area contributed by atoms with Crippen molar-refractivity contribution in [3.63, 3.8) is 0 Å². The smallest absolute Gasteiger partial charge is 0.223 e. The fraction of sp³-hybridized carbons (Fsp3) is 0.579. The normalized spacial score (nSPS) is 15.7. The molecule has 0 aliphatic heterocycles. The first-order valence-corrected chi connectivity index (χ1v) is 9.24. The quantitative estimate of drug-likeness (QED) is 0.403. The van der Waals surface area contributed by atoms with Crippen molar-refractivity contribution in [3.05, 3.63) is 35.6 Å². The largest absolute Gasteiger partial charge is 0.357 e. The third-order valence-electron chi connectivity index (χ3n) is 4.40. The predicted molar refractivity (Wildman–Crippen MR) is 98.8 cm³/mol. The zero-order valence-electron chi connectivity index (χ0n) is 15.0. The minimum Gasteiger partial charge on any atom is -0.357 e. The number of aliphatic imine (C=N–C) groups is 1. The van der Waals surface area contributed by atoms with Crippen LogP contribution < -0.4 is 16.0 Å². The van der Waals surface area contributed by atoms with Crippen LogP contribution in [0.1, 0.15) is 44.6 Å². The van der Waals surface area contributed by atoms with Crippen molar-refractivity contribution in [3.8, 4) is 0 Å². The molecule has 1 saturated carbocycles. The summed E-state index contributed by atoms with van der Waals surface area (Å²) in [5.41, 5.74) is 0.560. The SMILES string of the molecule is CCNC(=NCc1ccccc1F)NCCNC(=O)C1CCCCC1. The topological polar surface area (TPSA) is 65.5 Å². The molecule has 0 spiro atoms. The third-order valence-corrected chi connectivity index (χ3v) is 4.40. The number of guanidine groups is 1. The Bertz CT molecular complexity index is 570. The minimum absolute atomic E-state index is 0.162. The van der Waals surface area contributed by atoms with Gasteiger partial charge in [0.2, 0.25) is 5.91 Å². The van der Waals surface area contributed by atoms with Crippen LogP contribution in [0.5, 0.6) is 0 Å². The number of carbonyl (C=O) groups excluding carboxylic acids is 1. The molecule has 1 aromatic carbocycles. The Morgan fingerprint density at radius 1 is 1.12 bits per heavy atom. The fourth-order valence-corrected chi connectivity index (χ4v) is 3.01. The van der Waals surface area contributed by atoms with E-state index in [0.29, 0.717) is 24.6 Å². The molecule has 0 unspecified atom stereocenters. The summed E-state index contributed by atoms with van der Waals surface area (Å²) >= 11 is 0. The lowest BCUT2D eigenvalue weighted by Crippen LogP contribution is -2.42. The van der Waals surface area contributed by atoms with Crippen molar-refractivity contribution in [1.82, 2.24) is 16.0 Å². The van der Waals surface area contributed by atoms with E-state index in [1.165, 1.54) is 12.5 Å². The average Bonchev–Trinajstić information content (AvgIpc) is 2.64. The molecule has 0 radical (unpaired) electrons. The second kappa shape index (κ2) is 10.7. The number of rotatable bonds is 7. The molecule has 1 aliphatic rings. The first-order valence-electron chi connectivity index (χ1n) is 9.24. The maximum atomic E-state index is 13.6. The van der Waals surface area contributed by atoms with E-state index in [0.717, 1.165) is 32.2 Å². The molecular formula is C19H29FN4O. The molecule has 0 bridgehead atoms. The number of amides is 1. The van der Waals surface area contributed by atoms with Crippen molar-refractivity contribution in [2.75, 3.05) is 19.6 Å². The van der Waals surface area contributed by atoms with Crippen molar-refractivity contribution in [2.24, 2.45) is 10.9 Å². The number of nitrogens with zero attached hydrogens (tertiary/aromatic N) is 1. The molecule has 3 N–H and O–H groups in total. The number of benzene rings is 1. The van der Waals surface area contributed by atoms with Crippen molar-refractivity contribution < 1.29 is 9.18 Å². The maximum Gasteiger partial charge on any atom is 0.223 e. The lowest BCUT2D eigenvalue weighted by molar-refractivity contribution is -0.125. The molecule has 1 fully saturated rings. The molecule has 5 nitrogen and oxygen atoms in total. The zero-order chi connectivity index (χ0) is 17.9. The van der Waals surface area contributed by atoms with Gasteiger partial charge in [-0.2, -0.15) is 0 Å². The van der Waals surface area contributed by atoms with Gasteiger partial charge in [-0.1, -0.05) is 37.5 Å². The summed E-state index contributed by atoms with van der Waals surface area (Å²) in [5.74, 6) is 0.714. The van der Waals surface area contributed by atoms with Gasteiger partial charge in [-0.3, -0.25) is 4.79 Å². The highest BCUT2D eigenvalue weighted by atomic mass is 19.1. The van der Waals surface area contributed by atoms with Gasteiger partial charge < -0.3 is 16.0 Å². The molecule has 0 heterocycles. The van der Waals surface area contributed by atoms with Crippen LogP contribution in [0.3, 0.4) is 0 Å². The Labute approximate surface area is 149 Å². The van der Waals surface area contributed by atoms with Crippen LogP contribution in [0.2, 0.25) is 0 Å². The first kappa shape index (κ1) is 19.2. The van der Waals surface area contributed by atoms with Crippen LogP contribution in [0, 0.1) is 11.7 Å². The number of carbonyl (C=O) groups is 1. The van der Waals surface area contributed by atoms with Crippen LogP contribution in [0.4, 0.5) is 4.39 Å². The minimum atomic E-state index is -0.248. The highest BCUT2D eigenvalue weighted by Gasteiger charge is 2.20. The summed E-state index contributed by atoms with van der Waals surface area (Å²) in [7, 11) is 0. The number of halogens is 1. The predicted octanol–water partition coefficient (Wildman–Crippen LogP) is 2.58. The second-order valence-electron chi connectivity index (χ2n) is 6.34. The van der Waals surface area contributed by atoms with Crippen molar-refractivity contribution >= 4 is 11.9 Å². The van der Waals surface area contributed by atoms with Crippen LogP contribution >= 0.6 is 0 Å². The lowest BCUT2D eigenvalue weighted by Gasteiger charge is -2.21. The highest BCUT2D eigenvalue weighted by molar-refractivity contribution is 5.80. The summed E-state index contributed by atoms with van der Waals surface area (Å²) < 4.78 is 13.6. The summed E-state index contributed by atoms with van der Waals surface area (Å²) in [5, 5.41) is 9.29. The van der Waals surface area contributed by atoms with Crippen LogP contribution in [-0.2, 0) is 11.3 Å². The van der Waals surface area contributed by atoms with Crippen molar-refractivity contribution in [1.29, 1.82) is 0 Å². The summed E-state index contributed by atoms with van der Waals surface area (Å²) in [6.07, 6.45) is 5.57. The van der Waals surface area contributed by atoms with E-state index in [-0.39, 0.29) is 24.2 Å². The Morgan fingerprint density at radius 2 is 1.84 bits per heavy atom. The molecular weight excluding hydrogens is 319 g/mol. The molecule has 6 heteroatoms. The van der Waals surface area contributed by atoms with Crippen LogP contribution in [0.15, 0.2) is 29.3 Å². The zero-order valence-corrected chi connectivity index (χ0v) is 15.0. The summed E-state index contributed by atoms with van der Waals surface area (Å²) in [6.45, 7) is 4.11. The molecule has 25 heavy (non-hydrogen) atoms. The Kier molecular flexibility index (Phi) is 8.22. The van der Waals surface area contributed by atoms with E-state index in [2.05, 4.69) is 20.9 Å². The molecule has 0 saturated heterocycles. The van der Waals surface area contributed by atoms with Gasteiger partial charge in [-0.15, -0.1) is 0 Å². The highest BCUT2D eigenvalue weighted by Crippen LogP contribution is 2.23. The Morgan fingerprint density at radius 3 is 2.56 bits per heavy atom. The van der Waals surface area contributed by atoms with Gasteiger partial charge in [-0.25, -0.2) is 9.38 Å². The summed E-state index contributed by atoms with van der Waals surface area (Å²) in [4.78, 5) is 16.5. The van der Waals surface area contributed by atoms with Gasteiger partial charge in [0.1, 0.15) is 5.82 Å². The van der Waals surface area contributed by atoms with Gasteiger partial charge in [0.15, 0.2) is 5.96 Å². The average molecular weight is 348 g/mol. The molecule has 1 aromatic rings. The van der Waals surface area contributed by atoms with E-state index in [4.69, 9.17) is 0 Å². The monoisotopic (exact) mass is 348 g/mol. The van der Waals surface area contributed by atoms with E-state index in [9.17, 15) is 9.18 Å². The maximum absolute atomic E-state index is 13.6. The second-order valence-corrected chi connectivity index (χ2v) is 6.34. The van der Waals surface area contributed by atoms with E-state index >= 15 is 0 Å². The molecule has 0 atom stereocenters. The van der Waals surface area contributed by atoms with Gasteiger partial charge in [0.05, 0.1) is 6.54 Å². The van der Waals surface area contributed by atoms with Gasteiger partial charge in [0, 0.05) is 31.1 Å². The molecule has 0 aromatic heterocycles. The first-order chi connectivity index (χ1) is 12.2. The van der Waals surface area contributed by atoms with Crippen molar-refractivity contribution in [2.45, 2.75) is 45.6 Å². The standard InChI is InChI=1S/C19H29FN4O/c1-2-21-19(24-14-16-10-6-7-11-17(16)20)23-13-12-22-18(25)15-8-4-3-5-9-15/h6-7,10-11,15H,2-5,8-9,12-14H2,1H3,(H,22,25)(H2,21,23,24). The lowest BCUT2D eigenvalue weighted by atomic mass is 9.89. The van der Waals surface area contributed by atoms with E-state index in [1.807, 2.05) is 6.92 Å². The molecule has 138 valence electrons. The van der Waals surface area contributed by atoms with Gasteiger partial charge >= 0.3 is 0 Å². The third kappa shape index (κ3) is 6.72. The Balaban J connectivity index is 1.74. The molecule has 1 amide bonds. The molecule has 1 aliphatic carbocycles.